The number of piperazine rings is 1. The van der Waals surface area contributed by atoms with Gasteiger partial charge in [-0.1, -0.05) is 32.3 Å². The van der Waals surface area contributed by atoms with Crippen LogP contribution in [0.4, 0.5) is 0 Å². The van der Waals surface area contributed by atoms with Crippen LogP contribution in [0.1, 0.15) is 43.5 Å². The molecule has 1 N–H and O–H groups in total. The molecule has 0 saturated carbocycles. The summed E-state index contributed by atoms with van der Waals surface area (Å²) in [4.78, 5) is 4.22. The Morgan fingerprint density at radius 2 is 2.00 bits per heavy atom. The minimum Gasteiger partial charge on any atom is -0.314 e. The highest BCUT2D eigenvalue weighted by molar-refractivity contribution is 7.10. The van der Waals surface area contributed by atoms with Crippen molar-refractivity contribution in [3.63, 3.8) is 0 Å². The molecular formula is C14H26Cl2N2S. The topological polar surface area (TPSA) is 15.3 Å². The number of rotatable bonds is 6. The molecule has 2 nitrogen and oxygen atoms in total. The van der Waals surface area contributed by atoms with Gasteiger partial charge in [0, 0.05) is 37.1 Å². The molecule has 1 saturated heterocycles. The minimum absolute atomic E-state index is 0. The maximum atomic E-state index is 3.44. The first-order chi connectivity index (χ1) is 8.42. The smallest absolute Gasteiger partial charge is 0.0442 e. The molecular weight excluding hydrogens is 299 g/mol. The number of nitrogens with one attached hydrogen (secondary N) is 1. The molecule has 0 aliphatic carbocycles. The lowest BCUT2D eigenvalue weighted by Gasteiger charge is -2.34. The number of thiophene rings is 1. The van der Waals surface area contributed by atoms with Crippen LogP contribution < -0.4 is 5.32 Å². The fraction of sp³-hybridized carbons (Fsp3) is 0.714. The van der Waals surface area contributed by atoms with E-state index < -0.39 is 0 Å². The number of unbranched alkanes of at least 4 members (excludes halogenated alkanes) is 2. The standard InChI is InChI=1S/C14H24N2S.2ClH/c1-2-3-4-6-13(14-7-5-12-17-14)16-10-8-15-9-11-16;;/h5,7,12-13,15H,2-4,6,8-11H2,1H3;2*1H/t13-;;/m0../s1. The van der Waals surface area contributed by atoms with Crippen molar-refractivity contribution in [2.45, 2.75) is 38.6 Å². The quantitative estimate of drug-likeness (QED) is 0.792. The second-order valence-corrected chi connectivity index (χ2v) is 5.79. The number of halogens is 2. The first kappa shape index (κ1) is 19.2. The van der Waals surface area contributed by atoms with E-state index in [1.165, 1.54) is 38.8 Å². The van der Waals surface area contributed by atoms with Crippen LogP contribution >= 0.6 is 36.2 Å². The van der Waals surface area contributed by atoms with Gasteiger partial charge in [-0.3, -0.25) is 4.90 Å². The van der Waals surface area contributed by atoms with Crippen LogP contribution in [-0.2, 0) is 0 Å². The zero-order chi connectivity index (χ0) is 11.9. The van der Waals surface area contributed by atoms with Crippen molar-refractivity contribution in [1.82, 2.24) is 10.2 Å². The van der Waals surface area contributed by atoms with Crippen molar-refractivity contribution in [1.29, 1.82) is 0 Å². The van der Waals surface area contributed by atoms with Crippen molar-refractivity contribution >= 4 is 36.2 Å². The Kier molecular flexibility index (Phi) is 11.0. The normalized spacial score (nSPS) is 17.3. The second-order valence-electron chi connectivity index (χ2n) is 4.81. The molecule has 0 amide bonds. The highest BCUT2D eigenvalue weighted by Crippen LogP contribution is 2.30. The third-order valence-electron chi connectivity index (χ3n) is 3.55. The molecule has 0 bridgehead atoms. The maximum Gasteiger partial charge on any atom is 0.0442 e. The van der Waals surface area contributed by atoms with Gasteiger partial charge in [0.25, 0.3) is 0 Å². The van der Waals surface area contributed by atoms with Crippen molar-refractivity contribution in [3.05, 3.63) is 22.4 Å². The van der Waals surface area contributed by atoms with Gasteiger partial charge in [0.2, 0.25) is 0 Å². The lowest BCUT2D eigenvalue weighted by molar-refractivity contribution is 0.165. The largest absolute Gasteiger partial charge is 0.314 e. The van der Waals surface area contributed by atoms with Crippen LogP contribution in [0, 0.1) is 0 Å². The highest BCUT2D eigenvalue weighted by Gasteiger charge is 2.22. The van der Waals surface area contributed by atoms with E-state index in [1.807, 2.05) is 11.3 Å². The summed E-state index contributed by atoms with van der Waals surface area (Å²) in [6.07, 6.45) is 5.38. The molecule has 1 fully saturated rings. The van der Waals surface area contributed by atoms with E-state index in [9.17, 15) is 0 Å². The molecule has 0 unspecified atom stereocenters. The summed E-state index contributed by atoms with van der Waals surface area (Å²) in [5.74, 6) is 0. The third-order valence-corrected chi connectivity index (χ3v) is 4.52. The molecule has 5 heteroatoms. The molecule has 1 aromatic rings. The minimum atomic E-state index is 0. The van der Waals surface area contributed by atoms with Gasteiger partial charge in [-0.2, -0.15) is 0 Å². The van der Waals surface area contributed by atoms with E-state index in [-0.39, 0.29) is 24.8 Å². The van der Waals surface area contributed by atoms with Gasteiger partial charge < -0.3 is 5.32 Å². The van der Waals surface area contributed by atoms with E-state index in [2.05, 4.69) is 34.7 Å². The number of hydrogen-bond acceptors (Lipinski definition) is 3. The molecule has 2 rings (SSSR count). The predicted molar refractivity (Wildman–Crippen MR) is 90.1 cm³/mol. The average Bonchev–Trinajstić information content (AvgIpc) is 2.89. The van der Waals surface area contributed by atoms with Gasteiger partial charge in [0.05, 0.1) is 0 Å². The third kappa shape index (κ3) is 6.01. The summed E-state index contributed by atoms with van der Waals surface area (Å²) in [6, 6.07) is 5.17. The lowest BCUT2D eigenvalue weighted by Crippen LogP contribution is -2.45. The predicted octanol–water partition coefficient (Wildman–Crippen LogP) is 4.12. The fourth-order valence-electron chi connectivity index (χ4n) is 2.57. The zero-order valence-corrected chi connectivity index (χ0v) is 14.1. The Balaban J connectivity index is 0.00000162. The van der Waals surface area contributed by atoms with Crippen molar-refractivity contribution in [3.8, 4) is 0 Å². The van der Waals surface area contributed by atoms with E-state index in [0.29, 0.717) is 6.04 Å². The average molecular weight is 325 g/mol. The van der Waals surface area contributed by atoms with Gasteiger partial charge in [-0.15, -0.1) is 36.2 Å². The molecule has 19 heavy (non-hydrogen) atoms. The first-order valence-corrected chi connectivity index (χ1v) is 7.78. The summed E-state index contributed by atoms with van der Waals surface area (Å²) >= 11 is 1.92. The van der Waals surface area contributed by atoms with Crippen LogP contribution in [0.5, 0.6) is 0 Å². The Morgan fingerprint density at radius 3 is 2.58 bits per heavy atom. The Hall–Kier alpha value is 0.200. The van der Waals surface area contributed by atoms with Crippen molar-refractivity contribution in [2.75, 3.05) is 26.2 Å². The van der Waals surface area contributed by atoms with E-state index in [1.54, 1.807) is 4.88 Å². The van der Waals surface area contributed by atoms with E-state index in [0.717, 1.165) is 13.1 Å². The first-order valence-electron chi connectivity index (χ1n) is 6.90. The number of hydrogen-bond donors (Lipinski definition) is 1. The molecule has 0 spiro atoms. The summed E-state index contributed by atoms with van der Waals surface area (Å²) in [6.45, 7) is 6.99. The van der Waals surface area contributed by atoms with Crippen LogP contribution in [0.15, 0.2) is 17.5 Å². The lowest BCUT2D eigenvalue weighted by atomic mass is 10.0. The molecule has 1 atom stereocenters. The van der Waals surface area contributed by atoms with Crippen molar-refractivity contribution in [2.24, 2.45) is 0 Å². The summed E-state index contributed by atoms with van der Waals surface area (Å²) in [7, 11) is 0. The molecule has 0 radical (unpaired) electrons. The summed E-state index contributed by atoms with van der Waals surface area (Å²) in [5.41, 5.74) is 0. The van der Waals surface area contributed by atoms with Gasteiger partial charge in [0.15, 0.2) is 0 Å². The molecule has 1 aliphatic rings. The zero-order valence-electron chi connectivity index (χ0n) is 11.6. The van der Waals surface area contributed by atoms with Crippen molar-refractivity contribution < 1.29 is 0 Å². The van der Waals surface area contributed by atoms with Crippen LogP contribution in [0.25, 0.3) is 0 Å². The summed E-state index contributed by atoms with van der Waals surface area (Å²) < 4.78 is 0. The van der Waals surface area contributed by atoms with Gasteiger partial charge in [0.1, 0.15) is 0 Å². The highest BCUT2D eigenvalue weighted by atomic mass is 35.5. The van der Waals surface area contributed by atoms with Gasteiger partial charge in [-0.05, 0) is 17.9 Å². The SMILES string of the molecule is CCCCC[C@@H](c1cccs1)N1CCNCC1.Cl.Cl. The Bertz CT molecular complexity index is 300. The maximum absolute atomic E-state index is 3.44. The molecule has 1 aromatic heterocycles. The monoisotopic (exact) mass is 324 g/mol. The van der Waals surface area contributed by atoms with E-state index >= 15 is 0 Å². The van der Waals surface area contributed by atoms with Gasteiger partial charge >= 0.3 is 0 Å². The van der Waals surface area contributed by atoms with E-state index in [4.69, 9.17) is 0 Å². The number of nitrogens with zero attached hydrogens (tertiary/aromatic N) is 1. The second kappa shape index (κ2) is 10.9. The van der Waals surface area contributed by atoms with Gasteiger partial charge in [-0.25, -0.2) is 0 Å². The van der Waals surface area contributed by atoms with Crippen LogP contribution in [0.3, 0.4) is 0 Å². The molecule has 0 aromatic carbocycles. The Morgan fingerprint density at radius 1 is 1.26 bits per heavy atom. The molecule has 1 aliphatic heterocycles. The Labute approximate surface area is 133 Å². The molecule has 112 valence electrons. The molecule has 2 heterocycles. The van der Waals surface area contributed by atoms with Crippen LogP contribution in [0.2, 0.25) is 0 Å². The van der Waals surface area contributed by atoms with Crippen LogP contribution in [-0.4, -0.2) is 31.1 Å². The fourth-order valence-corrected chi connectivity index (χ4v) is 3.46. The summed E-state index contributed by atoms with van der Waals surface area (Å²) in [5, 5.41) is 5.66.